The van der Waals surface area contributed by atoms with Gasteiger partial charge < -0.3 is 29.4 Å². The van der Waals surface area contributed by atoms with E-state index in [1.54, 1.807) is 21.3 Å². The van der Waals surface area contributed by atoms with E-state index in [0.717, 1.165) is 33.5 Å². The van der Waals surface area contributed by atoms with Gasteiger partial charge in [-0.3, -0.25) is 4.79 Å². The number of anilines is 1. The lowest BCUT2D eigenvalue weighted by atomic mass is 10.0. The third-order valence-electron chi connectivity index (χ3n) is 6.35. The summed E-state index contributed by atoms with van der Waals surface area (Å²) in [6, 6.07) is 19.2. The van der Waals surface area contributed by atoms with E-state index in [2.05, 4.69) is 10.3 Å². The average molecular weight is 458 g/mol. The number of aromatic amines is 1. The van der Waals surface area contributed by atoms with Crippen molar-refractivity contribution >= 4 is 22.5 Å². The molecule has 34 heavy (non-hydrogen) atoms. The zero-order valence-electron chi connectivity index (χ0n) is 19.4. The molecule has 0 radical (unpaired) electrons. The van der Waals surface area contributed by atoms with Crippen LogP contribution in [0.15, 0.2) is 66.9 Å². The van der Waals surface area contributed by atoms with Crippen molar-refractivity contribution in [1.29, 1.82) is 0 Å². The minimum Gasteiger partial charge on any atom is -0.497 e. The standard InChI is InChI=1S/C27H27N3O4/c1-32-18-9-11-23-22(14-18)17(16-28-23)12-13-30-26(21-10-8-19(33-2)15-25(21)34-3)29-24-7-5-4-6-20(24)27(30)31/h4-11,14-16,26,28-29H,12-13H2,1-3H3. The molecule has 1 unspecified atom stereocenters. The highest BCUT2D eigenvalue weighted by atomic mass is 16.5. The number of rotatable bonds is 7. The molecule has 1 atom stereocenters. The fourth-order valence-corrected chi connectivity index (χ4v) is 4.55. The maximum Gasteiger partial charge on any atom is 0.257 e. The van der Waals surface area contributed by atoms with E-state index < -0.39 is 0 Å². The second-order valence-corrected chi connectivity index (χ2v) is 8.17. The number of para-hydroxylation sites is 1. The van der Waals surface area contributed by atoms with Crippen molar-refractivity contribution in [2.45, 2.75) is 12.6 Å². The van der Waals surface area contributed by atoms with Crippen LogP contribution in [0, 0.1) is 0 Å². The minimum atomic E-state index is -0.386. The summed E-state index contributed by atoms with van der Waals surface area (Å²) in [5, 5.41) is 4.64. The van der Waals surface area contributed by atoms with Crippen LogP contribution < -0.4 is 19.5 Å². The van der Waals surface area contributed by atoms with Gasteiger partial charge in [-0.25, -0.2) is 0 Å². The molecule has 0 aliphatic carbocycles. The van der Waals surface area contributed by atoms with Crippen molar-refractivity contribution in [3.8, 4) is 17.2 Å². The number of aromatic nitrogens is 1. The molecule has 2 heterocycles. The summed E-state index contributed by atoms with van der Waals surface area (Å²) in [5.74, 6) is 2.14. The van der Waals surface area contributed by atoms with Crippen molar-refractivity contribution in [2.24, 2.45) is 0 Å². The number of hydrogen-bond acceptors (Lipinski definition) is 5. The third-order valence-corrected chi connectivity index (χ3v) is 6.35. The van der Waals surface area contributed by atoms with Gasteiger partial charge in [0.1, 0.15) is 23.4 Å². The molecule has 7 heteroatoms. The number of carbonyl (C=O) groups excluding carboxylic acids is 1. The molecule has 0 saturated heterocycles. The Bertz CT molecular complexity index is 1350. The van der Waals surface area contributed by atoms with E-state index in [1.807, 2.05) is 71.8 Å². The third kappa shape index (κ3) is 3.79. The van der Waals surface area contributed by atoms with Crippen LogP contribution in [0.25, 0.3) is 10.9 Å². The van der Waals surface area contributed by atoms with Gasteiger partial charge in [-0.2, -0.15) is 0 Å². The van der Waals surface area contributed by atoms with Gasteiger partial charge in [0.05, 0.1) is 26.9 Å². The number of ether oxygens (including phenoxy) is 3. The highest BCUT2D eigenvalue weighted by Gasteiger charge is 2.34. The molecule has 174 valence electrons. The van der Waals surface area contributed by atoms with E-state index in [9.17, 15) is 4.79 Å². The van der Waals surface area contributed by atoms with Gasteiger partial charge in [-0.15, -0.1) is 0 Å². The van der Waals surface area contributed by atoms with Crippen LogP contribution in [0.3, 0.4) is 0 Å². The number of benzene rings is 3. The summed E-state index contributed by atoms with van der Waals surface area (Å²) in [6.45, 7) is 0.518. The van der Waals surface area contributed by atoms with Gasteiger partial charge in [0.25, 0.3) is 5.91 Å². The Morgan fingerprint density at radius 2 is 1.68 bits per heavy atom. The number of nitrogens with one attached hydrogen (secondary N) is 2. The zero-order valence-corrected chi connectivity index (χ0v) is 19.4. The lowest BCUT2D eigenvalue weighted by molar-refractivity contribution is 0.0684. The van der Waals surface area contributed by atoms with Gasteiger partial charge in [0, 0.05) is 41.0 Å². The topological polar surface area (TPSA) is 75.8 Å². The Labute approximate surface area is 198 Å². The van der Waals surface area contributed by atoms with Crippen LogP contribution >= 0.6 is 0 Å². The van der Waals surface area contributed by atoms with Crippen LogP contribution in [0.4, 0.5) is 5.69 Å². The van der Waals surface area contributed by atoms with Crippen LogP contribution in [0.1, 0.15) is 27.7 Å². The Morgan fingerprint density at radius 3 is 2.47 bits per heavy atom. The summed E-state index contributed by atoms with van der Waals surface area (Å²) in [5.41, 5.74) is 4.50. The second kappa shape index (κ2) is 9.02. The van der Waals surface area contributed by atoms with Crippen molar-refractivity contribution in [2.75, 3.05) is 33.2 Å². The molecule has 0 spiro atoms. The Balaban J connectivity index is 1.51. The van der Waals surface area contributed by atoms with Gasteiger partial charge in [0.15, 0.2) is 0 Å². The van der Waals surface area contributed by atoms with E-state index >= 15 is 0 Å². The molecule has 1 amide bonds. The largest absolute Gasteiger partial charge is 0.497 e. The van der Waals surface area contributed by atoms with E-state index in [1.165, 1.54) is 0 Å². The van der Waals surface area contributed by atoms with Crippen molar-refractivity contribution in [3.63, 3.8) is 0 Å². The van der Waals surface area contributed by atoms with E-state index in [0.29, 0.717) is 30.0 Å². The Kier molecular flexibility index (Phi) is 5.76. The molecular weight excluding hydrogens is 430 g/mol. The molecule has 3 aromatic carbocycles. The molecule has 0 bridgehead atoms. The fraction of sp³-hybridized carbons (Fsp3) is 0.222. The first-order valence-corrected chi connectivity index (χ1v) is 11.2. The summed E-state index contributed by atoms with van der Waals surface area (Å²) >= 11 is 0. The molecule has 0 fully saturated rings. The summed E-state index contributed by atoms with van der Waals surface area (Å²) in [4.78, 5) is 18.8. The average Bonchev–Trinajstić information content (AvgIpc) is 3.29. The van der Waals surface area contributed by atoms with Crippen molar-refractivity contribution in [1.82, 2.24) is 9.88 Å². The van der Waals surface area contributed by atoms with E-state index in [4.69, 9.17) is 14.2 Å². The first-order valence-electron chi connectivity index (χ1n) is 11.2. The Hall–Kier alpha value is -4.13. The fourth-order valence-electron chi connectivity index (χ4n) is 4.55. The molecule has 0 saturated carbocycles. The first kappa shape index (κ1) is 21.7. The van der Waals surface area contributed by atoms with E-state index in [-0.39, 0.29) is 12.1 Å². The van der Waals surface area contributed by atoms with Crippen molar-refractivity contribution in [3.05, 3.63) is 83.6 Å². The summed E-state index contributed by atoms with van der Waals surface area (Å²) < 4.78 is 16.4. The van der Waals surface area contributed by atoms with Gasteiger partial charge in [-0.05, 0) is 54.4 Å². The van der Waals surface area contributed by atoms with Crippen LogP contribution in [-0.4, -0.2) is 43.7 Å². The van der Waals surface area contributed by atoms with Crippen LogP contribution in [-0.2, 0) is 6.42 Å². The van der Waals surface area contributed by atoms with Gasteiger partial charge in [-0.1, -0.05) is 12.1 Å². The lowest BCUT2D eigenvalue weighted by Crippen LogP contribution is -2.44. The maximum absolute atomic E-state index is 13.6. The second-order valence-electron chi connectivity index (χ2n) is 8.17. The zero-order chi connectivity index (χ0) is 23.7. The molecule has 5 rings (SSSR count). The smallest absolute Gasteiger partial charge is 0.257 e. The highest BCUT2D eigenvalue weighted by molar-refractivity contribution is 6.01. The monoisotopic (exact) mass is 457 g/mol. The SMILES string of the molecule is COc1ccc(C2Nc3ccccc3C(=O)N2CCc2c[nH]c3ccc(OC)cc23)c(OC)c1. The number of nitrogens with zero attached hydrogens (tertiary/aromatic N) is 1. The maximum atomic E-state index is 13.6. The number of carbonyl (C=O) groups is 1. The summed E-state index contributed by atoms with van der Waals surface area (Å²) in [6.07, 6.45) is 2.30. The molecule has 4 aromatic rings. The normalized spacial score (nSPS) is 15.1. The van der Waals surface area contributed by atoms with Gasteiger partial charge >= 0.3 is 0 Å². The molecule has 1 aliphatic rings. The molecule has 2 N–H and O–H groups in total. The van der Waals surface area contributed by atoms with Crippen molar-refractivity contribution < 1.29 is 19.0 Å². The Morgan fingerprint density at radius 1 is 0.912 bits per heavy atom. The molecule has 1 aliphatic heterocycles. The number of methoxy groups -OCH3 is 3. The number of H-pyrrole nitrogens is 1. The highest BCUT2D eigenvalue weighted by Crippen LogP contribution is 2.38. The predicted octanol–water partition coefficient (Wildman–Crippen LogP) is 5.00. The predicted molar refractivity (Wildman–Crippen MR) is 132 cm³/mol. The lowest BCUT2D eigenvalue weighted by Gasteiger charge is -2.38. The first-order chi connectivity index (χ1) is 16.6. The quantitative estimate of drug-likeness (QED) is 0.408. The summed E-state index contributed by atoms with van der Waals surface area (Å²) in [7, 11) is 4.91. The van der Waals surface area contributed by atoms with Gasteiger partial charge in [0.2, 0.25) is 0 Å². The molecular formula is C27H27N3O4. The minimum absolute atomic E-state index is 0.0188. The molecule has 1 aromatic heterocycles. The molecule has 7 nitrogen and oxygen atoms in total. The number of fused-ring (bicyclic) bond motifs is 2. The van der Waals surface area contributed by atoms with Crippen LogP contribution in [0.5, 0.6) is 17.2 Å². The van der Waals surface area contributed by atoms with Crippen LogP contribution in [0.2, 0.25) is 0 Å². The number of amides is 1. The number of hydrogen-bond donors (Lipinski definition) is 2.